The highest BCUT2D eigenvalue weighted by molar-refractivity contribution is 5.91. The third-order valence-electron chi connectivity index (χ3n) is 3.39. The average molecular weight is 222 g/mol. The maximum Gasteiger partial charge on any atom is 0.286 e. The van der Waals surface area contributed by atoms with Crippen molar-refractivity contribution in [1.82, 2.24) is 5.32 Å². The topological polar surface area (TPSA) is 68.3 Å². The third kappa shape index (κ3) is 2.44. The zero-order valence-corrected chi connectivity index (χ0v) is 9.32. The fourth-order valence-electron chi connectivity index (χ4n) is 2.41. The number of furan rings is 1. The summed E-state index contributed by atoms with van der Waals surface area (Å²) in [5.74, 6) is 1.34. The Labute approximate surface area is 95.2 Å². The van der Waals surface area contributed by atoms with Crippen molar-refractivity contribution in [3.8, 4) is 0 Å². The van der Waals surface area contributed by atoms with Gasteiger partial charge in [-0.25, -0.2) is 0 Å². The minimum absolute atomic E-state index is 0.132. The van der Waals surface area contributed by atoms with Crippen molar-refractivity contribution >= 4 is 5.91 Å². The van der Waals surface area contributed by atoms with Gasteiger partial charge in [0.2, 0.25) is 0 Å². The molecule has 0 aromatic carbocycles. The summed E-state index contributed by atoms with van der Waals surface area (Å²) in [7, 11) is 0. The van der Waals surface area contributed by atoms with Crippen molar-refractivity contribution in [2.45, 2.75) is 19.3 Å². The maximum absolute atomic E-state index is 11.6. The molecule has 1 aromatic rings. The Hall–Kier alpha value is -1.29. The molecule has 2 atom stereocenters. The lowest BCUT2D eigenvalue weighted by Crippen LogP contribution is -2.32. The highest BCUT2D eigenvalue weighted by Crippen LogP contribution is 2.30. The maximum atomic E-state index is 11.6. The zero-order valence-electron chi connectivity index (χ0n) is 9.32. The standard InChI is InChI=1S/C12H18N2O2/c13-7-9-3-1-4-10(9)8-14-12(15)11-5-2-6-16-11/h2,5-6,9-10H,1,3-4,7-8,13H2,(H,14,15). The molecule has 4 nitrogen and oxygen atoms in total. The average Bonchev–Trinajstić information content (AvgIpc) is 2.96. The Balaban J connectivity index is 1.81. The molecule has 4 heteroatoms. The number of amides is 1. The Bertz CT molecular complexity index is 335. The molecule has 1 saturated carbocycles. The lowest BCUT2D eigenvalue weighted by Gasteiger charge is -2.17. The van der Waals surface area contributed by atoms with Gasteiger partial charge in [0, 0.05) is 6.54 Å². The van der Waals surface area contributed by atoms with Gasteiger partial charge in [-0.05, 0) is 43.4 Å². The number of hydrogen-bond donors (Lipinski definition) is 2. The molecule has 16 heavy (non-hydrogen) atoms. The molecule has 0 bridgehead atoms. The monoisotopic (exact) mass is 222 g/mol. The van der Waals surface area contributed by atoms with Crippen molar-refractivity contribution in [3.05, 3.63) is 24.2 Å². The molecule has 1 amide bonds. The van der Waals surface area contributed by atoms with Crippen LogP contribution in [0, 0.1) is 11.8 Å². The van der Waals surface area contributed by atoms with Crippen LogP contribution in [-0.2, 0) is 0 Å². The van der Waals surface area contributed by atoms with Crippen LogP contribution in [0.15, 0.2) is 22.8 Å². The lowest BCUT2D eigenvalue weighted by atomic mass is 9.96. The zero-order chi connectivity index (χ0) is 11.4. The highest BCUT2D eigenvalue weighted by atomic mass is 16.3. The van der Waals surface area contributed by atoms with Gasteiger partial charge in [-0.3, -0.25) is 4.79 Å². The largest absolute Gasteiger partial charge is 0.459 e. The SMILES string of the molecule is NCC1CCCC1CNC(=O)c1ccco1. The Morgan fingerprint density at radius 3 is 3.00 bits per heavy atom. The van der Waals surface area contributed by atoms with Crippen LogP contribution in [-0.4, -0.2) is 19.0 Å². The number of nitrogens with two attached hydrogens (primary N) is 1. The third-order valence-corrected chi connectivity index (χ3v) is 3.39. The first kappa shape index (κ1) is 11.2. The smallest absolute Gasteiger partial charge is 0.286 e. The van der Waals surface area contributed by atoms with Gasteiger partial charge in [-0.1, -0.05) is 6.42 Å². The van der Waals surface area contributed by atoms with E-state index >= 15 is 0 Å². The molecule has 3 N–H and O–H groups in total. The Kier molecular flexibility index (Phi) is 3.62. The summed E-state index contributed by atoms with van der Waals surface area (Å²) in [5, 5.41) is 2.90. The molecule has 2 rings (SSSR count). The van der Waals surface area contributed by atoms with Gasteiger partial charge in [-0.15, -0.1) is 0 Å². The van der Waals surface area contributed by atoms with Crippen LogP contribution in [0.5, 0.6) is 0 Å². The van der Waals surface area contributed by atoms with Gasteiger partial charge in [0.1, 0.15) is 0 Å². The minimum atomic E-state index is -0.132. The van der Waals surface area contributed by atoms with Crippen LogP contribution >= 0.6 is 0 Å². The number of rotatable bonds is 4. The number of nitrogens with one attached hydrogen (secondary N) is 1. The van der Waals surface area contributed by atoms with E-state index in [1.54, 1.807) is 12.1 Å². The predicted octanol–water partition coefficient (Wildman–Crippen LogP) is 1.38. The molecule has 0 aliphatic heterocycles. The van der Waals surface area contributed by atoms with E-state index in [1.807, 2.05) is 0 Å². The first-order chi connectivity index (χ1) is 7.81. The van der Waals surface area contributed by atoms with Gasteiger partial charge in [-0.2, -0.15) is 0 Å². The van der Waals surface area contributed by atoms with Crippen LogP contribution in [0.25, 0.3) is 0 Å². The van der Waals surface area contributed by atoms with Crippen molar-refractivity contribution < 1.29 is 9.21 Å². The van der Waals surface area contributed by atoms with E-state index in [1.165, 1.54) is 25.5 Å². The molecule has 88 valence electrons. The first-order valence-electron chi connectivity index (χ1n) is 5.83. The quantitative estimate of drug-likeness (QED) is 0.808. The molecule has 0 spiro atoms. The van der Waals surface area contributed by atoms with E-state index < -0.39 is 0 Å². The summed E-state index contributed by atoms with van der Waals surface area (Å²) in [5.41, 5.74) is 5.69. The fraction of sp³-hybridized carbons (Fsp3) is 0.583. The molecular formula is C12H18N2O2. The number of carbonyl (C=O) groups excluding carboxylic acids is 1. The summed E-state index contributed by atoms with van der Waals surface area (Å²) in [6, 6.07) is 3.39. The van der Waals surface area contributed by atoms with Gasteiger partial charge < -0.3 is 15.5 Å². The second-order valence-electron chi connectivity index (χ2n) is 4.37. The van der Waals surface area contributed by atoms with Crippen molar-refractivity contribution in [3.63, 3.8) is 0 Å². The number of hydrogen-bond acceptors (Lipinski definition) is 3. The van der Waals surface area contributed by atoms with Crippen molar-refractivity contribution in [1.29, 1.82) is 0 Å². The van der Waals surface area contributed by atoms with E-state index in [-0.39, 0.29) is 5.91 Å². The lowest BCUT2D eigenvalue weighted by molar-refractivity contribution is 0.0916. The Morgan fingerprint density at radius 2 is 2.31 bits per heavy atom. The highest BCUT2D eigenvalue weighted by Gasteiger charge is 2.26. The molecular weight excluding hydrogens is 204 g/mol. The van der Waals surface area contributed by atoms with E-state index in [0.717, 1.165) is 6.54 Å². The van der Waals surface area contributed by atoms with Gasteiger partial charge >= 0.3 is 0 Å². The van der Waals surface area contributed by atoms with Crippen LogP contribution in [0.3, 0.4) is 0 Å². The summed E-state index contributed by atoms with van der Waals surface area (Å²) in [6.07, 6.45) is 5.09. The van der Waals surface area contributed by atoms with Gasteiger partial charge in [0.25, 0.3) is 5.91 Å². The number of carbonyl (C=O) groups is 1. The summed E-state index contributed by atoms with van der Waals surface area (Å²) in [4.78, 5) is 11.6. The first-order valence-corrected chi connectivity index (χ1v) is 5.83. The molecule has 1 heterocycles. The molecule has 1 aromatic heterocycles. The van der Waals surface area contributed by atoms with E-state index in [2.05, 4.69) is 5.32 Å². The second kappa shape index (κ2) is 5.16. The van der Waals surface area contributed by atoms with Crippen LogP contribution in [0.4, 0.5) is 0 Å². The second-order valence-corrected chi connectivity index (χ2v) is 4.37. The molecule has 1 aliphatic carbocycles. The molecule has 0 radical (unpaired) electrons. The summed E-state index contributed by atoms with van der Waals surface area (Å²) in [6.45, 7) is 1.43. The van der Waals surface area contributed by atoms with Gasteiger partial charge in [0.15, 0.2) is 5.76 Å². The van der Waals surface area contributed by atoms with Crippen LogP contribution in [0.2, 0.25) is 0 Å². The molecule has 1 fully saturated rings. The van der Waals surface area contributed by atoms with Gasteiger partial charge in [0.05, 0.1) is 6.26 Å². The van der Waals surface area contributed by atoms with Crippen molar-refractivity contribution in [2.24, 2.45) is 17.6 Å². The predicted molar refractivity (Wildman–Crippen MR) is 60.9 cm³/mol. The molecule has 1 aliphatic rings. The van der Waals surface area contributed by atoms with E-state index in [4.69, 9.17) is 10.2 Å². The van der Waals surface area contributed by atoms with Crippen LogP contribution < -0.4 is 11.1 Å². The molecule has 2 unspecified atom stereocenters. The molecule has 0 saturated heterocycles. The Morgan fingerprint density at radius 1 is 1.50 bits per heavy atom. The van der Waals surface area contributed by atoms with Crippen LogP contribution in [0.1, 0.15) is 29.8 Å². The minimum Gasteiger partial charge on any atom is -0.459 e. The van der Waals surface area contributed by atoms with Crippen molar-refractivity contribution in [2.75, 3.05) is 13.1 Å². The summed E-state index contributed by atoms with van der Waals surface area (Å²) < 4.78 is 5.03. The summed E-state index contributed by atoms with van der Waals surface area (Å²) >= 11 is 0. The normalized spacial score (nSPS) is 24.6. The van der Waals surface area contributed by atoms with E-state index in [0.29, 0.717) is 24.1 Å². The fourth-order valence-corrected chi connectivity index (χ4v) is 2.41. The van der Waals surface area contributed by atoms with E-state index in [9.17, 15) is 4.79 Å².